The molecule has 0 aliphatic rings. The highest BCUT2D eigenvalue weighted by molar-refractivity contribution is 5.67. The van der Waals surface area contributed by atoms with Crippen LogP contribution in [0.3, 0.4) is 0 Å². The summed E-state index contributed by atoms with van der Waals surface area (Å²) in [6, 6.07) is 12.8. The fourth-order valence-electron chi connectivity index (χ4n) is 4.16. The minimum atomic E-state index is -0.184. The molecule has 0 aliphatic carbocycles. The molecule has 2 N–H and O–H groups in total. The fourth-order valence-corrected chi connectivity index (χ4v) is 4.16. The van der Waals surface area contributed by atoms with Crippen molar-refractivity contribution in [2.24, 2.45) is 0 Å². The van der Waals surface area contributed by atoms with Gasteiger partial charge in [0, 0.05) is 11.3 Å². The van der Waals surface area contributed by atoms with E-state index in [1.54, 1.807) is 0 Å². The lowest BCUT2D eigenvalue weighted by atomic mass is 9.82. The van der Waals surface area contributed by atoms with Crippen LogP contribution in [0, 0.1) is 6.92 Å². The normalized spacial score (nSPS) is 12.9. The molecule has 0 aromatic heterocycles. The van der Waals surface area contributed by atoms with Gasteiger partial charge in [-0.2, -0.15) is 0 Å². The Kier molecular flexibility index (Phi) is 11.2. The van der Waals surface area contributed by atoms with Gasteiger partial charge in [-0.05, 0) is 73.9 Å². The number of rotatable bonds is 10. The van der Waals surface area contributed by atoms with E-state index in [1.807, 2.05) is 33.8 Å². The van der Waals surface area contributed by atoms with Gasteiger partial charge < -0.3 is 10.4 Å². The summed E-state index contributed by atoms with van der Waals surface area (Å²) in [5.41, 5.74) is 8.15. The largest absolute Gasteiger partial charge is 0.507 e. The lowest BCUT2D eigenvalue weighted by molar-refractivity contribution is 0.323. The molecular weight excluding hydrogens is 402 g/mol. The SMILES string of the molecule is C=C(NC(CC)(CCC)c1ccc(C(=C)C)cc1)/C(C)=C/c1c(C)ccc(CC)c1O.CC. The van der Waals surface area contributed by atoms with Gasteiger partial charge in [-0.25, -0.2) is 0 Å². The number of allylic oxidation sites excluding steroid dienone is 2. The van der Waals surface area contributed by atoms with Gasteiger partial charge in [0.15, 0.2) is 0 Å². The highest BCUT2D eigenvalue weighted by atomic mass is 16.3. The molecule has 0 bridgehead atoms. The summed E-state index contributed by atoms with van der Waals surface area (Å²) >= 11 is 0. The first-order valence-electron chi connectivity index (χ1n) is 12.4. The first-order valence-corrected chi connectivity index (χ1v) is 12.4. The third-order valence-electron chi connectivity index (χ3n) is 6.34. The van der Waals surface area contributed by atoms with Crippen molar-refractivity contribution in [1.29, 1.82) is 0 Å². The number of hydrogen-bond acceptors (Lipinski definition) is 2. The van der Waals surface area contributed by atoms with Gasteiger partial charge in [0.2, 0.25) is 0 Å². The van der Waals surface area contributed by atoms with E-state index in [-0.39, 0.29) is 5.54 Å². The molecule has 2 rings (SSSR count). The zero-order valence-corrected chi connectivity index (χ0v) is 22.2. The molecule has 0 saturated heterocycles. The van der Waals surface area contributed by atoms with Crippen LogP contribution >= 0.6 is 0 Å². The fraction of sp³-hybridized carbons (Fsp3) is 0.419. The Hall–Kier alpha value is -2.74. The average molecular weight is 448 g/mol. The Balaban J connectivity index is 0.00000265. The maximum atomic E-state index is 10.7. The monoisotopic (exact) mass is 447 g/mol. The molecule has 0 heterocycles. The predicted octanol–water partition coefficient (Wildman–Crippen LogP) is 8.93. The van der Waals surface area contributed by atoms with Crippen LogP contribution in [0.1, 0.15) is 95.5 Å². The van der Waals surface area contributed by atoms with E-state index >= 15 is 0 Å². The minimum Gasteiger partial charge on any atom is -0.507 e. The first-order chi connectivity index (χ1) is 15.7. The molecule has 0 fully saturated rings. The van der Waals surface area contributed by atoms with Crippen molar-refractivity contribution in [3.8, 4) is 5.75 Å². The first kappa shape index (κ1) is 28.3. The van der Waals surface area contributed by atoms with E-state index in [9.17, 15) is 5.11 Å². The van der Waals surface area contributed by atoms with Crippen molar-refractivity contribution in [2.75, 3.05) is 0 Å². The van der Waals surface area contributed by atoms with E-state index in [0.717, 1.165) is 59.2 Å². The summed E-state index contributed by atoms with van der Waals surface area (Å²) in [7, 11) is 0. The zero-order chi connectivity index (χ0) is 25.2. The van der Waals surface area contributed by atoms with Crippen molar-refractivity contribution in [1.82, 2.24) is 5.32 Å². The van der Waals surface area contributed by atoms with Gasteiger partial charge in [-0.15, -0.1) is 0 Å². The molecule has 2 aromatic rings. The van der Waals surface area contributed by atoms with Crippen LogP contribution in [0.25, 0.3) is 11.6 Å². The second-order valence-electron chi connectivity index (χ2n) is 8.63. The summed E-state index contributed by atoms with van der Waals surface area (Å²) in [6.07, 6.45) is 5.89. The van der Waals surface area contributed by atoms with E-state index in [2.05, 4.69) is 82.6 Å². The van der Waals surface area contributed by atoms with Crippen LogP contribution in [0.15, 0.2) is 60.8 Å². The molecule has 180 valence electrons. The summed E-state index contributed by atoms with van der Waals surface area (Å²) in [6.45, 7) is 25.0. The number of phenolic OH excluding ortho intramolecular Hbond substituents is 1. The molecule has 2 nitrogen and oxygen atoms in total. The average Bonchev–Trinajstić information content (AvgIpc) is 2.82. The lowest BCUT2D eigenvalue weighted by Crippen LogP contribution is -2.41. The third-order valence-corrected chi connectivity index (χ3v) is 6.34. The molecule has 0 saturated carbocycles. The second kappa shape index (κ2) is 13.1. The number of nitrogens with one attached hydrogen (secondary N) is 1. The van der Waals surface area contributed by atoms with Gasteiger partial charge in [0.25, 0.3) is 0 Å². The Morgan fingerprint density at radius 3 is 2.09 bits per heavy atom. The Morgan fingerprint density at radius 2 is 1.61 bits per heavy atom. The van der Waals surface area contributed by atoms with E-state index in [1.165, 1.54) is 11.1 Å². The van der Waals surface area contributed by atoms with Crippen LogP contribution in [0.5, 0.6) is 5.75 Å². The van der Waals surface area contributed by atoms with E-state index in [4.69, 9.17) is 0 Å². The second-order valence-corrected chi connectivity index (χ2v) is 8.63. The Bertz CT molecular complexity index is 965. The Morgan fingerprint density at radius 1 is 1.00 bits per heavy atom. The quantitative estimate of drug-likeness (QED) is 0.356. The molecule has 0 radical (unpaired) electrons. The lowest BCUT2D eigenvalue weighted by Gasteiger charge is -2.37. The maximum Gasteiger partial charge on any atom is 0.126 e. The van der Waals surface area contributed by atoms with Crippen molar-refractivity contribution < 1.29 is 5.11 Å². The summed E-state index contributed by atoms with van der Waals surface area (Å²) in [5, 5.41) is 14.5. The molecular formula is C31H45NO. The van der Waals surface area contributed by atoms with Gasteiger partial charge in [-0.1, -0.05) is 96.2 Å². The van der Waals surface area contributed by atoms with Crippen molar-refractivity contribution in [3.63, 3.8) is 0 Å². The zero-order valence-electron chi connectivity index (χ0n) is 22.2. The van der Waals surface area contributed by atoms with Crippen molar-refractivity contribution in [2.45, 2.75) is 86.6 Å². The highest BCUT2D eigenvalue weighted by Crippen LogP contribution is 2.34. The summed E-state index contributed by atoms with van der Waals surface area (Å²) < 4.78 is 0. The van der Waals surface area contributed by atoms with Crippen LogP contribution in [0.4, 0.5) is 0 Å². The van der Waals surface area contributed by atoms with Crippen molar-refractivity contribution in [3.05, 3.63) is 88.6 Å². The van der Waals surface area contributed by atoms with Crippen LogP contribution < -0.4 is 5.32 Å². The maximum absolute atomic E-state index is 10.7. The third kappa shape index (κ3) is 6.87. The molecule has 1 unspecified atom stereocenters. The number of aromatic hydroxyl groups is 1. The molecule has 2 heteroatoms. The summed E-state index contributed by atoms with van der Waals surface area (Å²) in [5.74, 6) is 0.375. The van der Waals surface area contributed by atoms with E-state index < -0.39 is 0 Å². The van der Waals surface area contributed by atoms with Gasteiger partial charge in [-0.3, -0.25) is 0 Å². The van der Waals surface area contributed by atoms with Crippen LogP contribution in [-0.4, -0.2) is 5.11 Å². The minimum absolute atomic E-state index is 0.184. The smallest absolute Gasteiger partial charge is 0.126 e. The Labute approximate surface area is 203 Å². The highest BCUT2D eigenvalue weighted by Gasteiger charge is 2.30. The molecule has 1 atom stereocenters. The molecule has 0 aliphatic heterocycles. The number of phenols is 1. The van der Waals surface area contributed by atoms with Gasteiger partial charge >= 0.3 is 0 Å². The molecule has 2 aromatic carbocycles. The molecule has 0 spiro atoms. The number of benzene rings is 2. The van der Waals surface area contributed by atoms with E-state index in [0.29, 0.717) is 5.75 Å². The number of hydrogen-bond donors (Lipinski definition) is 2. The summed E-state index contributed by atoms with van der Waals surface area (Å²) in [4.78, 5) is 0. The van der Waals surface area contributed by atoms with Gasteiger partial charge in [0.05, 0.1) is 5.54 Å². The van der Waals surface area contributed by atoms with Crippen molar-refractivity contribution >= 4 is 11.6 Å². The molecule has 0 amide bonds. The topological polar surface area (TPSA) is 32.3 Å². The van der Waals surface area contributed by atoms with Crippen LogP contribution in [0.2, 0.25) is 0 Å². The van der Waals surface area contributed by atoms with Crippen LogP contribution in [-0.2, 0) is 12.0 Å². The molecule has 33 heavy (non-hydrogen) atoms. The standard InChI is InChI=1S/C29H39NO.C2H6/c1-9-18-29(11-3,26-16-14-25(15-17-26)20(4)5)30-23(8)22(7)19-27-21(6)12-13-24(10-2)28(27)31;1-2/h12-17,19,30-31H,4,8-11,18H2,1-3,5-7H3;1-2H3/b22-19+;. The predicted molar refractivity (Wildman–Crippen MR) is 148 cm³/mol. The number of aryl methyl sites for hydroxylation is 2. The van der Waals surface area contributed by atoms with Gasteiger partial charge in [0.1, 0.15) is 5.75 Å².